The van der Waals surface area contributed by atoms with Gasteiger partial charge in [0.15, 0.2) is 0 Å². The van der Waals surface area contributed by atoms with E-state index in [-0.39, 0.29) is 18.8 Å². The summed E-state index contributed by atoms with van der Waals surface area (Å²) in [5.74, 6) is -0.550. The van der Waals surface area contributed by atoms with Gasteiger partial charge in [-0.05, 0) is 26.0 Å². The molecule has 2 aromatic rings. The van der Waals surface area contributed by atoms with Gasteiger partial charge in [-0.25, -0.2) is 8.70 Å². The minimum absolute atomic E-state index is 0.0295. The number of carbonyl (C=O) groups is 1. The lowest BCUT2D eigenvalue weighted by molar-refractivity contribution is 0.0953. The standard InChI is InChI=1S/C15H17FN4O4S/c1-9-14(10(2)24-18-9)15(21)17-6-7-20-13-8-11(16)4-5-12(13)19(3)25(20,22)23/h4-5,8H,6-7H2,1-3H3,(H,17,21). The van der Waals surface area contributed by atoms with Crippen LogP contribution in [0.3, 0.4) is 0 Å². The first-order valence-corrected chi connectivity index (χ1v) is 8.90. The van der Waals surface area contributed by atoms with Gasteiger partial charge >= 0.3 is 10.2 Å². The van der Waals surface area contributed by atoms with Crippen LogP contribution in [0.1, 0.15) is 21.8 Å². The molecule has 2 heterocycles. The zero-order valence-electron chi connectivity index (χ0n) is 13.9. The molecule has 1 aromatic carbocycles. The molecule has 1 amide bonds. The number of fused-ring (bicyclic) bond motifs is 1. The number of aromatic nitrogens is 1. The van der Waals surface area contributed by atoms with E-state index in [1.165, 1.54) is 19.2 Å². The third-order valence-corrected chi connectivity index (χ3v) is 5.86. The molecule has 8 nitrogen and oxygen atoms in total. The fourth-order valence-electron chi connectivity index (χ4n) is 2.76. The highest BCUT2D eigenvalue weighted by molar-refractivity contribution is 7.94. The molecule has 0 fully saturated rings. The van der Waals surface area contributed by atoms with Crippen molar-refractivity contribution in [3.63, 3.8) is 0 Å². The van der Waals surface area contributed by atoms with Gasteiger partial charge in [0.2, 0.25) is 0 Å². The van der Waals surface area contributed by atoms with E-state index in [2.05, 4.69) is 10.5 Å². The molecule has 1 aliphatic heterocycles. The summed E-state index contributed by atoms with van der Waals surface area (Å²) in [6.45, 7) is 3.28. The average molecular weight is 368 g/mol. The second-order valence-corrected chi connectivity index (χ2v) is 7.52. The molecule has 0 aliphatic carbocycles. The van der Waals surface area contributed by atoms with Crippen LogP contribution in [0.5, 0.6) is 0 Å². The topological polar surface area (TPSA) is 95.8 Å². The molecule has 1 N–H and O–H groups in total. The number of hydrogen-bond acceptors (Lipinski definition) is 5. The summed E-state index contributed by atoms with van der Waals surface area (Å²) in [5, 5.41) is 6.34. The van der Waals surface area contributed by atoms with Crippen molar-refractivity contribution < 1.29 is 22.1 Å². The van der Waals surface area contributed by atoms with E-state index in [0.29, 0.717) is 22.7 Å². The number of carbonyl (C=O) groups excluding carboxylic acids is 1. The third-order valence-electron chi connectivity index (χ3n) is 4.03. The van der Waals surface area contributed by atoms with Crippen molar-refractivity contribution in [3.05, 3.63) is 41.0 Å². The van der Waals surface area contributed by atoms with E-state index >= 15 is 0 Å². The van der Waals surface area contributed by atoms with Crippen LogP contribution in [0.25, 0.3) is 0 Å². The molecular weight excluding hydrogens is 351 g/mol. The largest absolute Gasteiger partial charge is 0.361 e. The lowest BCUT2D eigenvalue weighted by atomic mass is 10.2. The van der Waals surface area contributed by atoms with Crippen molar-refractivity contribution in [1.29, 1.82) is 0 Å². The first-order valence-electron chi connectivity index (χ1n) is 7.50. The van der Waals surface area contributed by atoms with Gasteiger partial charge in [0.1, 0.15) is 17.1 Å². The minimum Gasteiger partial charge on any atom is -0.361 e. The monoisotopic (exact) mass is 368 g/mol. The predicted molar refractivity (Wildman–Crippen MR) is 89.4 cm³/mol. The normalized spacial score (nSPS) is 15.4. The Morgan fingerprint density at radius 2 is 2.04 bits per heavy atom. The number of benzene rings is 1. The van der Waals surface area contributed by atoms with Crippen molar-refractivity contribution in [1.82, 2.24) is 10.5 Å². The quantitative estimate of drug-likeness (QED) is 0.879. The van der Waals surface area contributed by atoms with E-state index < -0.39 is 21.9 Å². The SMILES string of the molecule is Cc1noc(C)c1C(=O)NCCN1c2cc(F)ccc2N(C)S1(=O)=O. The van der Waals surface area contributed by atoms with E-state index in [1.807, 2.05) is 0 Å². The van der Waals surface area contributed by atoms with Gasteiger partial charge in [0.05, 0.1) is 23.6 Å². The van der Waals surface area contributed by atoms with Crippen LogP contribution < -0.4 is 13.9 Å². The van der Waals surface area contributed by atoms with Crippen LogP contribution in [0.2, 0.25) is 0 Å². The highest BCUT2D eigenvalue weighted by atomic mass is 32.2. The zero-order chi connectivity index (χ0) is 18.4. The number of rotatable bonds is 4. The number of amides is 1. The smallest absolute Gasteiger partial charge is 0.326 e. The molecular formula is C15H17FN4O4S. The summed E-state index contributed by atoms with van der Waals surface area (Å²) in [6, 6.07) is 3.77. The van der Waals surface area contributed by atoms with Crippen LogP contribution in [-0.4, -0.2) is 39.6 Å². The van der Waals surface area contributed by atoms with Crippen molar-refractivity contribution in [3.8, 4) is 0 Å². The fraction of sp³-hybridized carbons (Fsp3) is 0.333. The summed E-state index contributed by atoms with van der Waals surface area (Å²) in [6.07, 6.45) is 0. The number of anilines is 2. The van der Waals surface area contributed by atoms with Crippen LogP contribution in [-0.2, 0) is 10.2 Å². The van der Waals surface area contributed by atoms with E-state index in [4.69, 9.17) is 4.52 Å². The Balaban J connectivity index is 1.75. The van der Waals surface area contributed by atoms with Gasteiger partial charge in [0.25, 0.3) is 5.91 Å². The second-order valence-electron chi connectivity index (χ2n) is 5.64. The Hall–Kier alpha value is -2.62. The molecule has 0 saturated heterocycles. The van der Waals surface area contributed by atoms with Crippen LogP contribution in [0, 0.1) is 19.7 Å². The van der Waals surface area contributed by atoms with Gasteiger partial charge in [-0.15, -0.1) is 0 Å². The summed E-state index contributed by atoms with van der Waals surface area (Å²) in [7, 11) is -2.39. The molecule has 134 valence electrons. The second kappa shape index (κ2) is 6.03. The van der Waals surface area contributed by atoms with Crippen LogP contribution in [0.15, 0.2) is 22.7 Å². The molecule has 10 heteroatoms. The maximum absolute atomic E-state index is 13.5. The molecule has 1 aliphatic rings. The maximum Gasteiger partial charge on any atom is 0.326 e. The highest BCUT2D eigenvalue weighted by Gasteiger charge is 2.37. The molecule has 0 bridgehead atoms. The van der Waals surface area contributed by atoms with Crippen molar-refractivity contribution in [2.24, 2.45) is 0 Å². The number of halogens is 1. The van der Waals surface area contributed by atoms with Gasteiger partial charge in [-0.1, -0.05) is 5.16 Å². The molecule has 0 saturated carbocycles. The van der Waals surface area contributed by atoms with E-state index in [0.717, 1.165) is 14.7 Å². The van der Waals surface area contributed by atoms with Crippen LogP contribution >= 0.6 is 0 Å². The Bertz CT molecular complexity index is 922. The summed E-state index contributed by atoms with van der Waals surface area (Å²) < 4.78 is 45.5. The zero-order valence-corrected chi connectivity index (χ0v) is 14.7. The molecule has 0 radical (unpaired) electrons. The summed E-state index contributed by atoms with van der Waals surface area (Å²) in [5.41, 5.74) is 1.41. The molecule has 0 spiro atoms. The molecule has 25 heavy (non-hydrogen) atoms. The molecule has 1 aromatic heterocycles. The lowest BCUT2D eigenvalue weighted by Gasteiger charge is -2.19. The Morgan fingerprint density at radius 1 is 1.32 bits per heavy atom. The minimum atomic E-state index is -3.79. The summed E-state index contributed by atoms with van der Waals surface area (Å²) >= 11 is 0. The van der Waals surface area contributed by atoms with E-state index in [1.54, 1.807) is 13.8 Å². The Morgan fingerprint density at radius 3 is 2.68 bits per heavy atom. The van der Waals surface area contributed by atoms with Crippen molar-refractivity contribution >= 4 is 27.5 Å². The van der Waals surface area contributed by atoms with Gasteiger partial charge in [0, 0.05) is 19.7 Å². The lowest BCUT2D eigenvalue weighted by Crippen LogP contribution is -2.40. The van der Waals surface area contributed by atoms with E-state index in [9.17, 15) is 17.6 Å². The first-order chi connectivity index (χ1) is 11.7. The third kappa shape index (κ3) is 2.82. The van der Waals surface area contributed by atoms with Gasteiger partial charge < -0.3 is 9.84 Å². The number of aryl methyl sites for hydroxylation is 2. The average Bonchev–Trinajstić information content (AvgIpc) is 2.97. The Labute approximate surface area is 144 Å². The van der Waals surface area contributed by atoms with Crippen LogP contribution in [0.4, 0.5) is 15.8 Å². The fourth-order valence-corrected chi connectivity index (χ4v) is 4.18. The maximum atomic E-state index is 13.5. The first kappa shape index (κ1) is 17.2. The number of nitrogens with one attached hydrogen (secondary N) is 1. The van der Waals surface area contributed by atoms with Gasteiger partial charge in [-0.3, -0.25) is 9.10 Å². The molecule has 0 unspecified atom stereocenters. The number of nitrogens with zero attached hydrogens (tertiary/aromatic N) is 3. The molecule has 3 rings (SSSR count). The van der Waals surface area contributed by atoms with Crippen molar-refractivity contribution in [2.75, 3.05) is 28.7 Å². The highest BCUT2D eigenvalue weighted by Crippen LogP contribution is 2.39. The number of hydrogen-bond donors (Lipinski definition) is 1. The van der Waals surface area contributed by atoms with Gasteiger partial charge in [-0.2, -0.15) is 8.42 Å². The summed E-state index contributed by atoms with van der Waals surface area (Å²) in [4.78, 5) is 12.2. The molecule has 0 atom stereocenters. The Kier molecular flexibility index (Phi) is 4.15. The van der Waals surface area contributed by atoms with Crippen molar-refractivity contribution in [2.45, 2.75) is 13.8 Å². The predicted octanol–water partition coefficient (Wildman–Crippen LogP) is 1.36.